The molecule has 2 amide bonds. The first-order chi connectivity index (χ1) is 12.4. The number of aliphatic carboxylic acids is 1. The summed E-state index contributed by atoms with van der Waals surface area (Å²) < 4.78 is 4.86. The van der Waals surface area contributed by atoms with Crippen LogP contribution in [-0.4, -0.2) is 41.3 Å². The van der Waals surface area contributed by atoms with E-state index >= 15 is 0 Å². The summed E-state index contributed by atoms with van der Waals surface area (Å²) in [5, 5.41) is 11.0. The summed E-state index contributed by atoms with van der Waals surface area (Å²) >= 11 is 0. The maximum absolute atomic E-state index is 12.5. The predicted octanol–water partition coefficient (Wildman–Crippen LogP) is -1.70. The number of rotatable bonds is 14. The topological polar surface area (TPSA) is 104 Å². The van der Waals surface area contributed by atoms with Crippen LogP contribution in [0.15, 0.2) is 38.0 Å². The third-order valence-electron chi connectivity index (χ3n) is 3.42. The van der Waals surface area contributed by atoms with Crippen molar-refractivity contribution in [3.63, 3.8) is 0 Å². The molecule has 0 heterocycles. The third kappa shape index (κ3) is 11.6. The smallest absolute Gasteiger partial charge is 0.550 e. The third-order valence-corrected chi connectivity index (χ3v) is 3.42. The molecule has 0 saturated heterocycles. The number of unbranched alkanes of at least 4 members (excludes halogenated alkanes) is 2. The van der Waals surface area contributed by atoms with Gasteiger partial charge in [0.1, 0.15) is 12.6 Å². The number of carboxylic acids is 1. The number of amides is 2. The summed E-state index contributed by atoms with van der Waals surface area (Å²) in [6, 6.07) is -1.56. The first kappa shape index (κ1) is 27.5. The quantitative estimate of drug-likeness (QED) is 0.152. The van der Waals surface area contributed by atoms with Gasteiger partial charge in [-0.25, -0.2) is 4.79 Å². The number of imide groups is 1. The van der Waals surface area contributed by atoms with Crippen LogP contribution >= 0.6 is 0 Å². The van der Waals surface area contributed by atoms with Gasteiger partial charge >= 0.3 is 35.5 Å². The van der Waals surface area contributed by atoms with Crippen molar-refractivity contribution in [1.82, 2.24) is 4.90 Å². The summed E-state index contributed by atoms with van der Waals surface area (Å²) in [6.45, 7) is 10.3. The molecule has 1 atom stereocenters. The van der Waals surface area contributed by atoms with Crippen LogP contribution in [0, 0.1) is 0 Å². The van der Waals surface area contributed by atoms with E-state index in [4.69, 9.17) is 4.74 Å². The first-order valence-corrected chi connectivity index (χ1v) is 8.43. The minimum absolute atomic E-state index is 0. The number of hydrogen-bond acceptors (Lipinski definition) is 6. The fourth-order valence-corrected chi connectivity index (χ4v) is 2.20. The van der Waals surface area contributed by atoms with Crippen molar-refractivity contribution in [3.8, 4) is 0 Å². The summed E-state index contributed by atoms with van der Waals surface area (Å²) in [5.74, 6) is -3.80. The van der Waals surface area contributed by atoms with Crippen molar-refractivity contribution in [2.45, 2.75) is 51.0 Å². The van der Waals surface area contributed by atoms with Crippen LogP contribution in [0.1, 0.15) is 44.9 Å². The predicted molar refractivity (Wildman–Crippen MR) is 94.5 cm³/mol. The fourth-order valence-electron chi connectivity index (χ4n) is 2.20. The second-order valence-electron chi connectivity index (χ2n) is 5.53. The van der Waals surface area contributed by atoms with Gasteiger partial charge in [0.25, 0.3) is 0 Å². The average Bonchev–Trinajstić information content (AvgIpc) is 2.59. The van der Waals surface area contributed by atoms with Gasteiger partial charge in [-0.15, -0.1) is 13.2 Å². The molecule has 1 unspecified atom stereocenters. The zero-order chi connectivity index (χ0) is 19.9. The van der Waals surface area contributed by atoms with Crippen LogP contribution in [0.25, 0.3) is 0 Å². The van der Waals surface area contributed by atoms with E-state index in [2.05, 4.69) is 19.7 Å². The van der Waals surface area contributed by atoms with Gasteiger partial charge in [-0.05, 0) is 25.7 Å². The second-order valence-corrected chi connectivity index (χ2v) is 5.53. The van der Waals surface area contributed by atoms with Gasteiger partial charge in [0.05, 0.1) is 0 Å². The maximum atomic E-state index is 12.5. The van der Waals surface area contributed by atoms with Crippen LogP contribution in [0.4, 0.5) is 0 Å². The molecule has 0 spiro atoms. The fraction of sp³-hybridized carbons (Fsp3) is 0.474. The summed E-state index contributed by atoms with van der Waals surface area (Å²) in [4.78, 5) is 49.0. The normalized spacial score (nSPS) is 10.7. The molecule has 0 radical (unpaired) electrons. The Morgan fingerprint density at radius 2 is 1.41 bits per heavy atom. The molecular weight excluding hydrogens is 361 g/mol. The molecule has 0 saturated carbocycles. The maximum Gasteiger partial charge on any atom is 1.00 e. The Hall–Kier alpha value is -1.70. The second kappa shape index (κ2) is 16.5. The van der Waals surface area contributed by atoms with Crippen molar-refractivity contribution in [1.29, 1.82) is 0 Å². The molecule has 0 rings (SSSR count). The average molecular weight is 387 g/mol. The Morgan fingerprint density at radius 1 is 0.926 bits per heavy atom. The number of carboxylic acid groups (broad SMARTS) is 1. The molecule has 144 valence electrons. The molecule has 0 aliphatic heterocycles. The number of carbonyl (C=O) groups excluding carboxylic acids is 4. The van der Waals surface area contributed by atoms with Gasteiger partial charge in [-0.3, -0.25) is 14.5 Å². The summed E-state index contributed by atoms with van der Waals surface area (Å²) in [7, 11) is 0. The van der Waals surface area contributed by atoms with Crippen LogP contribution in [0.2, 0.25) is 0 Å². The van der Waals surface area contributed by atoms with E-state index in [1.54, 1.807) is 12.2 Å². The molecule has 8 heteroatoms. The van der Waals surface area contributed by atoms with E-state index in [9.17, 15) is 24.3 Å². The summed E-state index contributed by atoms with van der Waals surface area (Å²) in [6.07, 6.45) is 5.66. The Labute approximate surface area is 182 Å². The van der Waals surface area contributed by atoms with E-state index in [1.165, 1.54) is 6.08 Å². The van der Waals surface area contributed by atoms with E-state index < -0.39 is 36.2 Å². The zero-order valence-electron chi connectivity index (χ0n) is 16.0. The van der Waals surface area contributed by atoms with Crippen molar-refractivity contribution in [2.75, 3.05) is 6.61 Å². The zero-order valence-corrected chi connectivity index (χ0v) is 18.0. The van der Waals surface area contributed by atoms with Crippen molar-refractivity contribution in [2.24, 2.45) is 0 Å². The molecule has 0 aromatic heterocycles. The van der Waals surface area contributed by atoms with E-state index in [0.29, 0.717) is 30.6 Å². The largest absolute Gasteiger partial charge is 1.00 e. The minimum Gasteiger partial charge on any atom is -0.550 e. The number of allylic oxidation sites excluding steroid dienone is 2. The molecule has 0 fully saturated rings. The van der Waals surface area contributed by atoms with Gasteiger partial charge in [-0.1, -0.05) is 24.8 Å². The Bertz CT molecular complexity index is 520. The van der Waals surface area contributed by atoms with E-state index in [-0.39, 0.29) is 49.0 Å². The molecule has 0 N–H and O–H groups in total. The van der Waals surface area contributed by atoms with Crippen molar-refractivity contribution >= 4 is 23.8 Å². The number of ether oxygens (including phenoxy) is 1. The van der Waals surface area contributed by atoms with Crippen LogP contribution in [0.3, 0.4) is 0 Å². The minimum atomic E-state index is -1.56. The first-order valence-electron chi connectivity index (χ1n) is 8.43. The SMILES string of the molecule is C=CCCCC(=O)N(C(=O)CCCC=C)C(CC(=O)[O-])C(=O)OCC=C.[Na+]. The molecular formula is C19H26NNaO6. The summed E-state index contributed by atoms with van der Waals surface area (Å²) in [5.41, 5.74) is 0. The standard InChI is InChI=1S/C19H27NO6.Na/c1-4-7-9-11-16(21)20(17(22)12-10-8-5-2)15(14-18(23)24)19(25)26-13-6-3;/h4-6,15H,1-3,7-14H2,(H,23,24);/q;+1/p-1. The molecule has 0 aromatic carbocycles. The Kier molecular flexibility index (Phi) is 16.8. The van der Waals surface area contributed by atoms with Crippen LogP contribution in [-0.2, 0) is 23.9 Å². The number of esters is 1. The molecule has 0 bridgehead atoms. The van der Waals surface area contributed by atoms with Gasteiger partial charge in [0.2, 0.25) is 11.8 Å². The van der Waals surface area contributed by atoms with E-state index in [0.717, 1.165) is 0 Å². The number of nitrogens with zero attached hydrogens (tertiary/aromatic N) is 1. The molecule has 0 aromatic rings. The monoisotopic (exact) mass is 387 g/mol. The number of carbonyl (C=O) groups is 4. The Morgan fingerprint density at radius 3 is 1.78 bits per heavy atom. The Balaban J connectivity index is 0. The van der Waals surface area contributed by atoms with E-state index in [1.807, 2.05) is 0 Å². The van der Waals surface area contributed by atoms with Crippen LogP contribution < -0.4 is 34.7 Å². The van der Waals surface area contributed by atoms with Crippen LogP contribution in [0.5, 0.6) is 0 Å². The van der Waals surface area contributed by atoms with Gasteiger partial charge in [0, 0.05) is 25.2 Å². The van der Waals surface area contributed by atoms with Gasteiger partial charge < -0.3 is 14.6 Å². The van der Waals surface area contributed by atoms with Crippen molar-refractivity contribution < 1.29 is 58.6 Å². The molecule has 27 heavy (non-hydrogen) atoms. The molecule has 0 aliphatic rings. The number of hydrogen-bond donors (Lipinski definition) is 0. The van der Waals surface area contributed by atoms with Gasteiger partial charge in [0.15, 0.2) is 0 Å². The van der Waals surface area contributed by atoms with Crippen molar-refractivity contribution in [3.05, 3.63) is 38.0 Å². The van der Waals surface area contributed by atoms with Gasteiger partial charge in [-0.2, -0.15) is 0 Å². The molecule has 0 aliphatic carbocycles. The molecule has 7 nitrogen and oxygen atoms in total.